The Labute approximate surface area is 97.6 Å². The zero-order chi connectivity index (χ0) is 11.1. The minimum absolute atomic E-state index is 0.419. The summed E-state index contributed by atoms with van der Waals surface area (Å²) in [7, 11) is 0. The molecule has 0 bridgehead atoms. The number of hydrogen-bond acceptors (Lipinski definition) is 4. The first-order valence-electron chi connectivity index (χ1n) is 5.27. The zero-order valence-corrected chi connectivity index (χ0v) is 9.41. The molecule has 0 atom stereocenters. The van der Waals surface area contributed by atoms with Crippen LogP contribution in [-0.2, 0) is 6.54 Å². The number of rotatable bonds is 3. The van der Waals surface area contributed by atoms with Crippen molar-refractivity contribution in [3.05, 3.63) is 23.2 Å². The van der Waals surface area contributed by atoms with Gasteiger partial charge < -0.3 is 15.5 Å². The summed E-state index contributed by atoms with van der Waals surface area (Å²) in [5.74, 6) is 0.745. The fourth-order valence-corrected chi connectivity index (χ4v) is 1.82. The van der Waals surface area contributed by atoms with Gasteiger partial charge in [-0.05, 0) is 12.8 Å². The van der Waals surface area contributed by atoms with Gasteiger partial charge in [0, 0.05) is 25.0 Å². The van der Waals surface area contributed by atoms with E-state index in [9.17, 15) is 0 Å². The third-order valence-corrected chi connectivity index (χ3v) is 2.77. The average molecular weight is 238 g/mol. The van der Waals surface area contributed by atoms with Crippen LogP contribution in [0.15, 0.2) is 12.4 Å². The molecule has 6 heteroatoms. The molecule has 3 N–H and O–H groups in total. The number of nitrogens with two attached hydrogens (primary N) is 1. The Bertz CT molecular complexity index is 531. The second kappa shape index (κ2) is 3.61. The van der Waals surface area contributed by atoms with Crippen molar-refractivity contribution >= 4 is 23.1 Å². The summed E-state index contributed by atoms with van der Waals surface area (Å²) >= 11 is 5.95. The highest BCUT2D eigenvalue weighted by molar-refractivity contribution is 6.29. The lowest BCUT2D eigenvalue weighted by Gasteiger charge is -2.05. The van der Waals surface area contributed by atoms with Gasteiger partial charge in [0.15, 0.2) is 11.5 Å². The van der Waals surface area contributed by atoms with E-state index in [1.54, 1.807) is 6.20 Å². The number of fused-ring (bicyclic) bond motifs is 1. The second-order valence-corrected chi connectivity index (χ2v) is 4.39. The number of anilines is 1. The maximum atomic E-state index is 5.95. The van der Waals surface area contributed by atoms with Crippen molar-refractivity contribution < 1.29 is 0 Å². The molecule has 1 fully saturated rings. The Morgan fingerprint density at radius 3 is 2.94 bits per heavy atom. The summed E-state index contributed by atoms with van der Waals surface area (Å²) in [5.41, 5.74) is 7.19. The molecule has 1 saturated carbocycles. The van der Waals surface area contributed by atoms with E-state index in [2.05, 4.69) is 15.3 Å². The van der Waals surface area contributed by atoms with Crippen LogP contribution in [0.1, 0.15) is 18.5 Å². The van der Waals surface area contributed by atoms with Gasteiger partial charge in [-0.3, -0.25) is 0 Å². The average Bonchev–Trinajstić information content (AvgIpc) is 2.95. The van der Waals surface area contributed by atoms with E-state index in [1.807, 2.05) is 10.6 Å². The topological polar surface area (TPSA) is 68.2 Å². The van der Waals surface area contributed by atoms with E-state index < -0.39 is 0 Å². The van der Waals surface area contributed by atoms with Crippen LogP contribution in [-0.4, -0.2) is 20.4 Å². The molecule has 0 aliphatic heterocycles. The van der Waals surface area contributed by atoms with E-state index >= 15 is 0 Å². The van der Waals surface area contributed by atoms with Crippen LogP contribution >= 0.6 is 11.6 Å². The Kier molecular flexibility index (Phi) is 2.22. The van der Waals surface area contributed by atoms with E-state index in [1.165, 1.54) is 12.8 Å². The Morgan fingerprint density at radius 1 is 1.44 bits per heavy atom. The van der Waals surface area contributed by atoms with Crippen LogP contribution in [0.4, 0.5) is 5.82 Å². The normalized spacial score (nSPS) is 15.6. The molecule has 16 heavy (non-hydrogen) atoms. The molecule has 0 saturated heterocycles. The van der Waals surface area contributed by atoms with Crippen LogP contribution in [0.3, 0.4) is 0 Å². The summed E-state index contributed by atoms with van der Waals surface area (Å²) in [6, 6.07) is 0.521. The molecular weight excluding hydrogens is 226 g/mol. The lowest BCUT2D eigenvalue weighted by molar-refractivity contribution is 1.01. The summed E-state index contributed by atoms with van der Waals surface area (Å²) in [4.78, 5) is 8.67. The maximum absolute atomic E-state index is 5.95. The van der Waals surface area contributed by atoms with E-state index in [-0.39, 0.29) is 0 Å². The van der Waals surface area contributed by atoms with Gasteiger partial charge in [0.25, 0.3) is 0 Å². The van der Waals surface area contributed by atoms with Gasteiger partial charge in [-0.25, -0.2) is 9.97 Å². The molecule has 0 unspecified atom stereocenters. The van der Waals surface area contributed by atoms with Crippen LogP contribution in [0.5, 0.6) is 0 Å². The first kappa shape index (κ1) is 9.86. The first-order chi connectivity index (χ1) is 7.76. The standard InChI is InChI=1S/C10H12ClN5/c11-8-5-16-4-7(3-12)14-10(16)9(15-8)13-6-1-2-6/h4-6H,1-3,12H2,(H,13,15). The second-order valence-electron chi connectivity index (χ2n) is 4.00. The van der Waals surface area contributed by atoms with Crippen LogP contribution in [0.25, 0.3) is 5.65 Å². The molecule has 0 radical (unpaired) electrons. The third kappa shape index (κ3) is 1.72. The van der Waals surface area contributed by atoms with Gasteiger partial charge in [0.1, 0.15) is 5.15 Å². The van der Waals surface area contributed by atoms with E-state index in [0.717, 1.165) is 17.2 Å². The minimum Gasteiger partial charge on any atom is -0.364 e. The number of imidazole rings is 1. The number of aromatic nitrogens is 3. The van der Waals surface area contributed by atoms with Crippen molar-refractivity contribution in [3.8, 4) is 0 Å². The molecule has 84 valence electrons. The summed E-state index contributed by atoms with van der Waals surface area (Å²) < 4.78 is 1.86. The zero-order valence-electron chi connectivity index (χ0n) is 8.65. The van der Waals surface area contributed by atoms with Crippen molar-refractivity contribution in [1.29, 1.82) is 0 Å². The highest BCUT2D eigenvalue weighted by Crippen LogP contribution is 2.26. The Balaban J connectivity index is 2.11. The lowest BCUT2D eigenvalue weighted by Crippen LogP contribution is -2.05. The molecule has 0 aromatic carbocycles. The highest BCUT2D eigenvalue weighted by atomic mass is 35.5. The fourth-order valence-electron chi connectivity index (χ4n) is 1.63. The molecule has 2 heterocycles. The number of hydrogen-bond donors (Lipinski definition) is 2. The minimum atomic E-state index is 0.419. The quantitative estimate of drug-likeness (QED) is 0.847. The molecule has 1 aliphatic carbocycles. The molecular formula is C10H12ClN5. The van der Waals surface area contributed by atoms with Gasteiger partial charge in [0.05, 0.1) is 5.69 Å². The largest absolute Gasteiger partial charge is 0.364 e. The van der Waals surface area contributed by atoms with Gasteiger partial charge >= 0.3 is 0 Å². The van der Waals surface area contributed by atoms with Gasteiger partial charge in [-0.1, -0.05) is 11.6 Å². The van der Waals surface area contributed by atoms with Crippen molar-refractivity contribution in [3.63, 3.8) is 0 Å². The van der Waals surface area contributed by atoms with Gasteiger partial charge in [-0.15, -0.1) is 0 Å². The molecule has 0 amide bonds. The molecule has 0 spiro atoms. The van der Waals surface area contributed by atoms with Crippen molar-refractivity contribution in [1.82, 2.24) is 14.4 Å². The van der Waals surface area contributed by atoms with Crippen molar-refractivity contribution in [2.75, 3.05) is 5.32 Å². The molecule has 2 aromatic rings. The number of halogens is 1. The Hall–Kier alpha value is -1.33. The number of nitrogens with zero attached hydrogens (tertiary/aromatic N) is 3. The monoisotopic (exact) mass is 237 g/mol. The van der Waals surface area contributed by atoms with E-state index in [4.69, 9.17) is 17.3 Å². The predicted octanol–water partition coefficient (Wildman–Crippen LogP) is 1.42. The van der Waals surface area contributed by atoms with Crippen molar-refractivity contribution in [2.45, 2.75) is 25.4 Å². The fraction of sp³-hybridized carbons (Fsp3) is 0.400. The Morgan fingerprint density at radius 2 is 2.25 bits per heavy atom. The van der Waals surface area contributed by atoms with Gasteiger partial charge in [-0.2, -0.15) is 0 Å². The molecule has 3 rings (SSSR count). The molecule has 1 aliphatic rings. The van der Waals surface area contributed by atoms with E-state index in [0.29, 0.717) is 17.7 Å². The first-order valence-corrected chi connectivity index (χ1v) is 5.65. The van der Waals surface area contributed by atoms with Gasteiger partial charge in [0.2, 0.25) is 0 Å². The molecule has 2 aromatic heterocycles. The predicted molar refractivity (Wildman–Crippen MR) is 62.5 cm³/mol. The molecule has 5 nitrogen and oxygen atoms in total. The maximum Gasteiger partial charge on any atom is 0.180 e. The third-order valence-electron chi connectivity index (χ3n) is 2.59. The van der Waals surface area contributed by atoms with Crippen molar-refractivity contribution in [2.24, 2.45) is 5.73 Å². The number of nitrogens with one attached hydrogen (secondary N) is 1. The highest BCUT2D eigenvalue weighted by Gasteiger charge is 2.23. The van der Waals surface area contributed by atoms with Crippen LogP contribution < -0.4 is 11.1 Å². The smallest absolute Gasteiger partial charge is 0.180 e. The lowest BCUT2D eigenvalue weighted by atomic mass is 10.5. The van der Waals surface area contributed by atoms with Crippen LogP contribution in [0, 0.1) is 0 Å². The summed E-state index contributed by atoms with van der Waals surface area (Å²) in [5, 5.41) is 3.77. The summed E-state index contributed by atoms with van der Waals surface area (Å²) in [6.07, 6.45) is 5.98. The summed E-state index contributed by atoms with van der Waals surface area (Å²) in [6.45, 7) is 0.419. The van der Waals surface area contributed by atoms with Crippen LogP contribution in [0.2, 0.25) is 5.15 Å². The SMILES string of the molecule is NCc1cn2cc(Cl)nc(NC3CC3)c2n1.